The van der Waals surface area contributed by atoms with Crippen LogP contribution in [0.15, 0.2) is 22.1 Å². The van der Waals surface area contributed by atoms with Gasteiger partial charge in [0.25, 0.3) is 6.01 Å². The summed E-state index contributed by atoms with van der Waals surface area (Å²) in [6, 6.07) is 2.84. The first-order valence-corrected chi connectivity index (χ1v) is 7.54. The van der Waals surface area contributed by atoms with E-state index in [9.17, 15) is 4.79 Å². The minimum atomic E-state index is -0.441. The SMILES string of the molecule is CCOC(=O)c1coc(N2CCc3sccc3C2C)n1. The summed E-state index contributed by atoms with van der Waals surface area (Å²) in [7, 11) is 0. The summed E-state index contributed by atoms with van der Waals surface area (Å²) in [6.07, 6.45) is 2.34. The van der Waals surface area contributed by atoms with Crippen molar-refractivity contribution in [1.29, 1.82) is 0 Å². The molecular weight excluding hydrogens is 276 g/mol. The molecule has 0 saturated carbocycles. The molecule has 0 fully saturated rings. The Morgan fingerprint density at radius 1 is 1.65 bits per heavy atom. The molecule has 1 unspecified atom stereocenters. The Balaban J connectivity index is 1.82. The van der Waals surface area contributed by atoms with E-state index in [0.717, 1.165) is 13.0 Å². The number of aromatic nitrogens is 1. The maximum atomic E-state index is 11.6. The van der Waals surface area contributed by atoms with Crippen LogP contribution in [0.4, 0.5) is 6.01 Å². The Bertz CT molecular complexity index is 619. The zero-order valence-corrected chi connectivity index (χ0v) is 12.3. The third-order valence-electron chi connectivity index (χ3n) is 3.50. The highest BCUT2D eigenvalue weighted by Crippen LogP contribution is 2.35. The van der Waals surface area contributed by atoms with Crippen molar-refractivity contribution in [3.63, 3.8) is 0 Å². The maximum Gasteiger partial charge on any atom is 0.360 e. The number of fused-ring (bicyclic) bond motifs is 1. The molecule has 2 aromatic heterocycles. The fraction of sp³-hybridized carbons (Fsp3) is 0.429. The molecule has 2 aromatic rings. The van der Waals surface area contributed by atoms with Crippen LogP contribution in [0.3, 0.4) is 0 Å². The molecule has 1 aliphatic rings. The van der Waals surface area contributed by atoms with Gasteiger partial charge in [-0.25, -0.2) is 4.79 Å². The molecule has 3 rings (SSSR count). The smallest absolute Gasteiger partial charge is 0.360 e. The number of ether oxygens (including phenoxy) is 1. The molecular formula is C14H16N2O3S. The lowest BCUT2D eigenvalue weighted by Crippen LogP contribution is -2.33. The van der Waals surface area contributed by atoms with E-state index in [0.29, 0.717) is 12.6 Å². The monoisotopic (exact) mass is 292 g/mol. The van der Waals surface area contributed by atoms with Crippen molar-refractivity contribution in [1.82, 2.24) is 4.98 Å². The predicted molar refractivity (Wildman–Crippen MR) is 76.2 cm³/mol. The molecule has 0 saturated heterocycles. The third-order valence-corrected chi connectivity index (χ3v) is 4.50. The van der Waals surface area contributed by atoms with Crippen molar-refractivity contribution < 1.29 is 13.9 Å². The van der Waals surface area contributed by atoms with Gasteiger partial charge in [0.1, 0.15) is 6.26 Å². The third kappa shape index (κ3) is 2.20. The van der Waals surface area contributed by atoms with E-state index in [4.69, 9.17) is 9.15 Å². The summed E-state index contributed by atoms with van der Waals surface area (Å²) in [5.74, 6) is -0.441. The predicted octanol–water partition coefficient (Wildman–Crippen LogP) is 3.04. The van der Waals surface area contributed by atoms with Gasteiger partial charge in [-0.3, -0.25) is 0 Å². The summed E-state index contributed by atoms with van der Waals surface area (Å²) < 4.78 is 10.4. The lowest BCUT2D eigenvalue weighted by Gasteiger charge is -2.32. The van der Waals surface area contributed by atoms with Crippen LogP contribution < -0.4 is 4.90 Å². The lowest BCUT2D eigenvalue weighted by atomic mass is 10.0. The Kier molecular flexibility index (Phi) is 3.48. The van der Waals surface area contributed by atoms with Gasteiger partial charge in [-0.05, 0) is 37.3 Å². The van der Waals surface area contributed by atoms with Crippen molar-refractivity contribution in [2.24, 2.45) is 0 Å². The summed E-state index contributed by atoms with van der Waals surface area (Å²) in [5.41, 5.74) is 1.54. The number of nitrogens with zero attached hydrogens (tertiary/aromatic N) is 2. The highest BCUT2D eigenvalue weighted by Gasteiger charge is 2.28. The molecule has 0 radical (unpaired) electrons. The average Bonchev–Trinajstić information content (AvgIpc) is 3.08. The van der Waals surface area contributed by atoms with Gasteiger partial charge in [0.2, 0.25) is 0 Å². The molecule has 1 aliphatic heterocycles. The number of carbonyl (C=O) groups excluding carboxylic acids is 1. The van der Waals surface area contributed by atoms with Crippen molar-refractivity contribution in [2.75, 3.05) is 18.1 Å². The highest BCUT2D eigenvalue weighted by molar-refractivity contribution is 7.10. The maximum absolute atomic E-state index is 11.6. The fourth-order valence-electron chi connectivity index (χ4n) is 2.47. The number of hydrogen-bond donors (Lipinski definition) is 0. The number of thiophene rings is 1. The molecule has 0 aromatic carbocycles. The second kappa shape index (κ2) is 5.28. The number of anilines is 1. The lowest BCUT2D eigenvalue weighted by molar-refractivity contribution is 0.0519. The zero-order valence-electron chi connectivity index (χ0n) is 11.5. The number of esters is 1. The van der Waals surface area contributed by atoms with Crippen LogP contribution in [0.1, 0.15) is 40.8 Å². The Morgan fingerprint density at radius 2 is 2.50 bits per heavy atom. The van der Waals surface area contributed by atoms with Crippen LogP contribution in [0, 0.1) is 0 Å². The van der Waals surface area contributed by atoms with E-state index >= 15 is 0 Å². The van der Waals surface area contributed by atoms with Crippen LogP contribution in [-0.2, 0) is 11.2 Å². The second-order valence-corrected chi connectivity index (χ2v) is 5.65. The molecule has 106 valence electrons. The molecule has 6 heteroatoms. The highest BCUT2D eigenvalue weighted by atomic mass is 32.1. The van der Waals surface area contributed by atoms with Gasteiger partial charge in [0, 0.05) is 11.4 Å². The molecule has 0 aliphatic carbocycles. The number of hydrogen-bond acceptors (Lipinski definition) is 6. The van der Waals surface area contributed by atoms with E-state index in [1.54, 1.807) is 18.3 Å². The van der Waals surface area contributed by atoms with E-state index in [2.05, 4.69) is 28.3 Å². The fourth-order valence-corrected chi connectivity index (χ4v) is 3.43. The van der Waals surface area contributed by atoms with E-state index in [-0.39, 0.29) is 11.7 Å². The minimum Gasteiger partial charge on any atom is -0.461 e. The number of rotatable bonds is 3. The molecule has 0 amide bonds. The first kappa shape index (κ1) is 13.2. The van der Waals surface area contributed by atoms with Crippen molar-refractivity contribution in [3.05, 3.63) is 33.8 Å². The quantitative estimate of drug-likeness (QED) is 0.814. The van der Waals surface area contributed by atoms with Crippen LogP contribution in [0.2, 0.25) is 0 Å². The number of oxazole rings is 1. The largest absolute Gasteiger partial charge is 0.461 e. The van der Waals surface area contributed by atoms with Gasteiger partial charge in [-0.1, -0.05) is 0 Å². The molecule has 0 bridgehead atoms. The summed E-state index contributed by atoms with van der Waals surface area (Å²) in [4.78, 5) is 19.4. The van der Waals surface area contributed by atoms with E-state index in [1.807, 2.05) is 0 Å². The molecule has 5 nitrogen and oxygen atoms in total. The Hall–Kier alpha value is -1.82. The zero-order chi connectivity index (χ0) is 14.1. The van der Waals surface area contributed by atoms with Crippen LogP contribution in [-0.4, -0.2) is 24.1 Å². The second-order valence-electron chi connectivity index (χ2n) is 4.65. The van der Waals surface area contributed by atoms with Gasteiger partial charge in [0.15, 0.2) is 5.69 Å². The van der Waals surface area contributed by atoms with Crippen LogP contribution in [0.5, 0.6) is 0 Å². The first-order chi connectivity index (χ1) is 9.70. The van der Waals surface area contributed by atoms with Crippen molar-refractivity contribution >= 4 is 23.3 Å². The van der Waals surface area contributed by atoms with Crippen molar-refractivity contribution in [2.45, 2.75) is 26.3 Å². The summed E-state index contributed by atoms with van der Waals surface area (Å²) >= 11 is 1.79. The van der Waals surface area contributed by atoms with Gasteiger partial charge in [-0.15, -0.1) is 11.3 Å². The minimum absolute atomic E-state index is 0.207. The van der Waals surface area contributed by atoms with E-state index in [1.165, 1.54) is 16.7 Å². The van der Waals surface area contributed by atoms with Crippen molar-refractivity contribution in [3.8, 4) is 0 Å². The van der Waals surface area contributed by atoms with Gasteiger partial charge < -0.3 is 14.1 Å². The van der Waals surface area contributed by atoms with Gasteiger partial charge in [0.05, 0.1) is 12.6 Å². The number of carbonyl (C=O) groups is 1. The molecule has 1 atom stereocenters. The topological polar surface area (TPSA) is 55.6 Å². The molecule has 3 heterocycles. The Labute approximate surface area is 121 Å². The first-order valence-electron chi connectivity index (χ1n) is 6.66. The van der Waals surface area contributed by atoms with Gasteiger partial charge in [-0.2, -0.15) is 4.98 Å². The molecule has 20 heavy (non-hydrogen) atoms. The van der Waals surface area contributed by atoms with Crippen LogP contribution in [0.25, 0.3) is 0 Å². The molecule has 0 spiro atoms. The van der Waals surface area contributed by atoms with E-state index < -0.39 is 5.97 Å². The summed E-state index contributed by atoms with van der Waals surface area (Å²) in [5, 5.41) is 2.12. The standard InChI is InChI=1S/C14H16N2O3S/c1-3-18-13(17)11-8-19-14(15-11)16-6-4-12-10(9(16)2)5-7-20-12/h5,7-9H,3-4,6H2,1-2H3. The molecule has 0 N–H and O–H groups in total. The van der Waals surface area contributed by atoms with Crippen LogP contribution >= 0.6 is 11.3 Å². The normalized spacial score (nSPS) is 17.9. The van der Waals surface area contributed by atoms with Gasteiger partial charge >= 0.3 is 5.97 Å². The Morgan fingerprint density at radius 3 is 3.30 bits per heavy atom. The summed E-state index contributed by atoms with van der Waals surface area (Å²) in [6.45, 7) is 5.07. The average molecular weight is 292 g/mol.